The molecule has 0 bridgehead atoms. The monoisotopic (exact) mass is 267 g/mol. The van der Waals surface area contributed by atoms with Gasteiger partial charge < -0.3 is 0 Å². The van der Waals surface area contributed by atoms with Crippen molar-refractivity contribution in [3.8, 4) is 0 Å². The van der Waals surface area contributed by atoms with E-state index in [-0.39, 0.29) is 0 Å². The van der Waals surface area contributed by atoms with Crippen LogP contribution in [0.4, 0.5) is 0 Å². The number of hydrogen-bond acceptors (Lipinski definition) is 2. The molecule has 0 unspecified atom stereocenters. The Morgan fingerprint density at radius 1 is 1.28 bits per heavy atom. The lowest BCUT2D eigenvalue weighted by atomic mass is 9.93. The quantitative estimate of drug-likeness (QED) is 0.839. The normalized spacial score (nSPS) is 21.9. The van der Waals surface area contributed by atoms with Crippen LogP contribution in [0.1, 0.15) is 24.8 Å². The molecule has 0 aromatic heterocycles. The van der Waals surface area contributed by atoms with Gasteiger partial charge in [0.05, 0.1) is 6.26 Å². The van der Waals surface area contributed by atoms with Crippen LogP contribution in [0.25, 0.3) is 0 Å². The zero-order valence-corrected chi connectivity index (χ0v) is 11.7. The molecule has 1 atom stereocenters. The van der Waals surface area contributed by atoms with Gasteiger partial charge >= 0.3 is 0 Å². The van der Waals surface area contributed by atoms with E-state index in [2.05, 4.69) is 24.3 Å². The first-order chi connectivity index (χ1) is 8.55. The fourth-order valence-electron chi connectivity index (χ4n) is 2.58. The maximum atomic E-state index is 11.5. The molecule has 0 saturated carbocycles. The largest absolute Gasteiger partial charge is 0.213 e. The molecule has 0 amide bonds. The van der Waals surface area contributed by atoms with Gasteiger partial charge in [0.2, 0.25) is 10.0 Å². The summed E-state index contributed by atoms with van der Waals surface area (Å²) in [5.41, 5.74) is 1.34. The average Bonchev–Trinajstić information content (AvgIpc) is 2.37. The van der Waals surface area contributed by atoms with E-state index in [9.17, 15) is 8.42 Å². The van der Waals surface area contributed by atoms with E-state index in [1.165, 1.54) is 11.8 Å². The average molecular weight is 267 g/mol. The molecule has 100 valence electrons. The molecule has 1 heterocycles. The topological polar surface area (TPSA) is 37.4 Å². The molecule has 1 aliphatic rings. The summed E-state index contributed by atoms with van der Waals surface area (Å²) in [5, 5.41) is 0. The predicted octanol–water partition coefficient (Wildman–Crippen LogP) is 2.29. The van der Waals surface area contributed by atoms with E-state index in [1.807, 2.05) is 6.07 Å². The third-order valence-corrected chi connectivity index (χ3v) is 4.90. The molecule has 18 heavy (non-hydrogen) atoms. The second-order valence-corrected chi connectivity index (χ2v) is 7.14. The van der Waals surface area contributed by atoms with Crippen LogP contribution in [-0.4, -0.2) is 32.1 Å². The van der Waals surface area contributed by atoms with Gasteiger partial charge in [-0.15, -0.1) is 0 Å². The number of benzene rings is 1. The van der Waals surface area contributed by atoms with Crippen LogP contribution in [0.15, 0.2) is 30.3 Å². The summed E-state index contributed by atoms with van der Waals surface area (Å²) in [5.74, 6) is 0.508. The zero-order valence-electron chi connectivity index (χ0n) is 10.9. The molecule has 1 fully saturated rings. The minimum atomic E-state index is -3.01. The Bertz CT molecular complexity index is 470. The number of nitrogens with zero attached hydrogens (tertiary/aromatic N) is 1. The van der Waals surface area contributed by atoms with Crippen molar-refractivity contribution >= 4 is 10.0 Å². The number of rotatable bonds is 4. The predicted molar refractivity (Wildman–Crippen MR) is 73.9 cm³/mol. The van der Waals surface area contributed by atoms with Crippen LogP contribution in [-0.2, 0) is 16.4 Å². The van der Waals surface area contributed by atoms with E-state index in [4.69, 9.17) is 0 Å². The Morgan fingerprint density at radius 3 is 2.67 bits per heavy atom. The summed E-state index contributed by atoms with van der Waals surface area (Å²) >= 11 is 0. The molecule has 1 saturated heterocycles. The fourth-order valence-corrected chi connectivity index (χ4v) is 3.52. The summed E-state index contributed by atoms with van der Waals surface area (Å²) in [7, 11) is -3.01. The van der Waals surface area contributed by atoms with Gasteiger partial charge in [0.25, 0.3) is 0 Å². The lowest BCUT2D eigenvalue weighted by Gasteiger charge is -2.30. The van der Waals surface area contributed by atoms with E-state index in [0.717, 1.165) is 25.7 Å². The number of sulfonamides is 1. The molecule has 1 aliphatic heterocycles. The lowest BCUT2D eigenvalue weighted by Crippen LogP contribution is -2.39. The maximum Gasteiger partial charge on any atom is 0.211 e. The molecular weight excluding hydrogens is 246 g/mol. The van der Waals surface area contributed by atoms with Crippen molar-refractivity contribution in [2.45, 2.75) is 25.7 Å². The minimum absolute atomic E-state index is 0.508. The van der Waals surface area contributed by atoms with Gasteiger partial charge in [-0.05, 0) is 37.2 Å². The highest BCUT2D eigenvalue weighted by molar-refractivity contribution is 7.88. The van der Waals surface area contributed by atoms with Gasteiger partial charge in [-0.3, -0.25) is 0 Å². The molecule has 0 N–H and O–H groups in total. The Morgan fingerprint density at radius 2 is 2.00 bits per heavy atom. The summed E-state index contributed by atoms with van der Waals surface area (Å²) in [6.45, 7) is 1.40. The van der Waals surface area contributed by atoms with Crippen molar-refractivity contribution in [1.29, 1.82) is 0 Å². The van der Waals surface area contributed by atoms with E-state index < -0.39 is 10.0 Å². The molecular formula is C14H21NO2S. The summed E-state index contributed by atoms with van der Waals surface area (Å²) in [4.78, 5) is 0. The van der Waals surface area contributed by atoms with Crippen molar-refractivity contribution < 1.29 is 8.42 Å². The minimum Gasteiger partial charge on any atom is -0.213 e. The van der Waals surface area contributed by atoms with Gasteiger partial charge in [-0.1, -0.05) is 30.3 Å². The molecule has 1 aromatic rings. The highest BCUT2D eigenvalue weighted by Crippen LogP contribution is 2.22. The Hall–Kier alpha value is -0.870. The van der Waals surface area contributed by atoms with Crippen LogP contribution in [0, 0.1) is 5.92 Å². The highest BCUT2D eigenvalue weighted by atomic mass is 32.2. The first-order valence-corrected chi connectivity index (χ1v) is 8.39. The molecule has 0 aliphatic carbocycles. The number of aryl methyl sites for hydroxylation is 1. The number of piperidine rings is 1. The Kier molecular flexibility index (Phi) is 4.40. The van der Waals surface area contributed by atoms with Gasteiger partial charge in [0.1, 0.15) is 0 Å². The standard InChI is InChI=1S/C14H21NO2S/c1-18(16,17)15-11-5-8-14(12-15)10-9-13-6-3-2-4-7-13/h2-4,6-7,14H,5,8-12H2,1H3/t14-/m0/s1. The van der Waals surface area contributed by atoms with Crippen LogP contribution < -0.4 is 0 Å². The van der Waals surface area contributed by atoms with Crippen molar-refractivity contribution in [2.24, 2.45) is 5.92 Å². The van der Waals surface area contributed by atoms with Gasteiger partial charge in [0.15, 0.2) is 0 Å². The van der Waals surface area contributed by atoms with Gasteiger partial charge in [-0.2, -0.15) is 0 Å². The maximum absolute atomic E-state index is 11.5. The van der Waals surface area contributed by atoms with Crippen LogP contribution >= 0.6 is 0 Å². The molecule has 2 rings (SSSR count). The first kappa shape index (κ1) is 13.6. The van der Waals surface area contributed by atoms with Crippen molar-refractivity contribution in [2.75, 3.05) is 19.3 Å². The van der Waals surface area contributed by atoms with Gasteiger partial charge in [-0.25, -0.2) is 12.7 Å². The second-order valence-electron chi connectivity index (χ2n) is 5.15. The summed E-state index contributed by atoms with van der Waals surface area (Å²) < 4.78 is 24.7. The van der Waals surface area contributed by atoms with Gasteiger partial charge in [0, 0.05) is 13.1 Å². The van der Waals surface area contributed by atoms with Crippen molar-refractivity contribution in [3.63, 3.8) is 0 Å². The van der Waals surface area contributed by atoms with Crippen LogP contribution in [0.5, 0.6) is 0 Å². The van der Waals surface area contributed by atoms with E-state index in [1.54, 1.807) is 4.31 Å². The Balaban J connectivity index is 1.87. The van der Waals surface area contributed by atoms with Crippen molar-refractivity contribution in [3.05, 3.63) is 35.9 Å². The lowest BCUT2D eigenvalue weighted by molar-refractivity contribution is 0.257. The third-order valence-electron chi connectivity index (χ3n) is 3.63. The molecule has 0 spiro atoms. The van der Waals surface area contributed by atoms with E-state index in [0.29, 0.717) is 19.0 Å². The summed E-state index contributed by atoms with van der Waals surface area (Å²) in [6.07, 6.45) is 5.58. The SMILES string of the molecule is CS(=O)(=O)N1CCC[C@@H](CCc2ccccc2)C1. The Labute approximate surface area is 110 Å². The van der Waals surface area contributed by atoms with Crippen LogP contribution in [0.2, 0.25) is 0 Å². The van der Waals surface area contributed by atoms with Crippen LogP contribution in [0.3, 0.4) is 0 Å². The molecule has 1 aromatic carbocycles. The highest BCUT2D eigenvalue weighted by Gasteiger charge is 2.25. The zero-order chi connectivity index (χ0) is 13.0. The molecule has 4 heteroatoms. The molecule has 3 nitrogen and oxygen atoms in total. The third kappa shape index (κ3) is 3.82. The smallest absolute Gasteiger partial charge is 0.211 e. The molecule has 0 radical (unpaired) electrons. The summed E-state index contributed by atoms with van der Waals surface area (Å²) in [6, 6.07) is 10.4. The first-order valence-electron chi connectivity index (χ1n) is 6.55. The van der Waals surface area contributed by atoms with Crippen molar-refractivity contribution in [1.82, 2.24) is 4.31 Å². The number of hydrogen-bond donors (Lipinski definition) is 0. The fraction of sp³-hybridized carbons (Fsp3) is 0.571. The second kappa shape index (κ2) is 5.85. The van der Waals surface area contributed by atoms with E-state index >= 15 is 0 Å².